The quantitative estimate of drug-likeness (QED) is 0.505. The first-order valence-corrected chi connectivity index (χ1v) is 12.4. The lowest BCUT2D eigenvalue weighted by Gasteiger charge is -2.33. The van der Waals surface area contributed by atoms with Crippen LogP contribution in [0.15, 0.2) is 24.3 Å². The maximum Gasteiger partial charge on any atom is 0.573 e. The molecule has 1 saturated carbocycles. The van der Waals surface area contributed by atoms with Crippen molar-refractivity contribution in [1.82, 2.24) is 10.2 Å². The second kappa shape index (κ2) is 12.5. The lowest BCUT2D eigenvalue weighted by atomic mass is 9.83. The Morgan fingerprint density at radius 1 is 1.11 bits per heavy atom. The highest BCUT2D eigenvalue weighted by molar-refractivity contribution is 5.87. The van der Waals surface area contributed by atoms with Gasteiger partial charge in [0.05, 0.1) is 13.2 Å². The van der Waals surface area contributed by atoms with Crippen molar-refractivity contribution in [3.05, 3.63) is 24.3 Å². The monoisotopic (exact) mass is 499 g/mol. The van der Waals surface area contributed by atoms with Crippen LogP contribution in [0.5, 0.6) is 5.75 Å². The third-order valence-corrected chi connectivity index (χ3v) is 6.80. The Hall–Kier alpha value is -2.49. The molecule has 1 aromatic carbocycles. The van der Waals surface area contributed by atoms with Crippen molar-refractivity contribution in [2.45, 2.75) is 58.4 Å². The number of halogens is 3. The van der Waals surface area contributed by atoms with Crippen LogP contribution in [0.25, 0.3) is 0 Å². The molecule has 3 unspecified atom stereocenters. The largest absolute Gasteiger partial charge is 0.573 e. The molecular weight excluding hydrogens is 463 g/mol. The molecule has 3 atom stereocenters. The van der Waals surface area contributed by atoms with Crippen molar-refractivity contribution in [2.24, 2.45) is 17.8 Å². The van der Waals surface area contributed by atoms with Gasteiger partial charge in [-0.25, -0.2) is 0 Å². The molecule has 2 aliphatic rings. The molecule has 0 spiro atoms. The van der Waals surface area contributed by atoms with Gasteiger partial charge in [0.25, 0.3) is 0 Å². The average Bonchev–Trinajstić information content (AvgIpc) is 3.34. The van der Waals surface area contributed by atoms with E-state index >= 15 is 0 Å². The molecule has 1 aromatic rings. The number of ether oxygens (including phenoxy) is 2. The molecular formula is C25H36F3N3O4. The standard InChI is InChI=1S/C25H36F3N3O4/c1-17(16-29-20-7-9-21(10-8-20)35-25(26,27)28)30-23(32)22(15-19-5-3-4-6-19)18(2)24(33)31-11-13-34-14-12-31/h7-10,17-19,22,29H,3-6,11-16H2,1-2H3,(H,30,32). The number of alkyl halides is 3. The van der Waals surface area contributed by atoms with Gasteiger partial charge in [-0.1, -0.05) is 32.6 Å². The zero-order chi connectivity index (χ0) is 25.4. The molecule has 1 heterocycles. The number of hydrogen-bond donors (Lipinski definition) is 2. The number of rotatable bonds is 10. The molecule has 0 aromatic heterocycles. The van der Waals surface area contributed by atoms with E-state index in [1.54, 1.807) is 4.90 Å². The number of hydrogen-bond acceptors (Lipinski definition) is 5. The van der Waals surface area contributed by atoms with Crippen LogP contribution in [0.1, 0.15) is 46.0 Å². The number of benzene rings is 1. The third-order valence-electron chi connectivity index (χ3n) is 6.80. The average molecular weight is 500 g/mol. The molecule has 0 bridgehead atoms. The SMILES string of the molecule is CC(CNc1ccc(OC(F)(F)F)cc1)NC(=O)C(CC1CCCC1)C(C)C(=O)N1CCOCC1. The highest BCUT2D eigenvalue weighted by Crippen LogP contribution is 2.33. The second-order valence-electron chi connectivity index (χ2n) is 9.58. The molecule has 1 saturated heterocycles. The minimum absolute atomic E-state index is 0.00149. The van der Waals surface area contributed by atoms with E-state index in [2.05, 4.69) is 15.4 Å². The Balaban J connectivity index is 1.55. The maximum absolute atomic E-state index is 13.3. The predicted molar refractivity (Wildman–Crippen MR) is 126 cm³/mol. The fourth-order valence-corrected chi connectivity index (χ4v) is 4.83. The first kappa shape index (κ1) is 27.1. The van der Waals surface area contributed by atoms with Crippen molar-refractivity contribution >= 4 is 17.5 Å². The Morgan fingerprint density at radius 2 is 1.74 bits per heavy atom. The minimum atomic E-state index is -4.73. The first-order valence-electron chi connectivity index (χ1n) is 12.4. The molecule has 2 amide bonds. The second-order valence-corrected chi connectivity index (χ2v) is 9.58. The van der Waals surface area contributed by atoms with E-state index in [4.69, 9.17) is 4.74 Å². The summed E-state index contributed by atoms with van der Waals surface area (Å²) in [6.45, 7) is 6.22. The lowest BCUT2D eigenvalue weighted by molar-refractivity contribution is -0.274. The summed E-state index contributed by atoms with van der Waals surface area (Å²) in [7, 11) is 0. The van der Waals surface area contributed by atoms with Crippen molar-refractivity contribution in [2.75, 3.05) is 38.2 Å². The third kappa shape index (κ3) is 8.59. The molecule has 0 radical (unpaired) electrons. The van der Waals surface area contributed by atoms with E-state index in [0.29, 0.717) is 50.9 Å². The fraction of sp³-hybridized carbons (Fsp3) is 0.680. The number of nitrogens with one attached hydrogen (secondary N) is 2. The van der Waals surface area contributed by atoms with Crippen molar-refractivity contribution < 1.29 is 32.2 Å². The van der Waals surface area contributed by atoms with Gasteiger partial charge in [0.15, 0.2) is 0 Å². The van der Waals surface area contributed by atoms with Crippen LogP contribution in [0.2, 0.25) is 0 Å². The predicted octanol–water partition coefficient (Wildman–Crippen LogP) is 4.19. The molecule has 35 heavy (non-hydrogen) atoms. The van der Waals surface area contributed by atoms with Gasteiger partial charge in [-0.05, 0) is 43.5 Å². The van der Waals surface area contributed by atoms with Gasteiger partial charge in [-0.3, -0.25) is 9.59 Å². The highest BCUT2D eigenvalue weighted by atomic mass is 19.4. The molecule has 10 heteroatoms. The Labute approximate surface area is 204 Å². The van der Waals surface area contributed by atoms with Crippen LogP contribution in [0.4, 0.5) is 18.9 Å². The van der Waals surface area contributed by atoms with Gasteiger partial charge in [-0.15, -0.1) is 13.2 Å². The molecule has 2 N–H and O–H groups in total. The van der Waals surface area contributed by atoms with Crippen molar-refractivity contribution in [3.63, 3.8) is 0 Å². The Bertz CT molecular complexity index is 822. The Morgan fingerprint density at radius 3 is 2.34 bits per heavy atom. The number of morpholine rings is 1. The normalized spacial score (nSPS) is 19.6. The number of amides is 2. The molecule has 196 valence electrons. The summed E-state index contributed by atoms with van der Waals surface area (Å²) in [5, 5.41) is 6.15. The minimum Gasteiger partial charge on any atom is -0.406 e. The van der Waals surface area contributed by atoms with Crippen LogP contribution in [-0.2, 0) is 14.3 Å². The van der Waals surface area contributed by atoms with Crippen molar-refractivity contribution in [3.8, 4) is 5.75 Å². The zero-order valence-electron chi connectivity index (χ0n) is 20.4. The molecule has 7 nitrogen and oxygen atoms in total. The summed E-state index contributed by atoms with van der Waals surface area (Å²) in [6, 6.07) is 5.19. The van der Waals surface area contributed by atoms with E-state index in [-0.39, 0.29) is 23.6 Å². The summed E-state index contributed by atoms with van der Waals surface area (Å²) in [5.74, 6) is -0.799. The molecule has 1 aliphatic heterocycles. The van der Waals surface area contributed by atoms with Crippen LogP contribution in [0, 0.1) is 17.8 Å². The van der Waals surface area contributed by atoms with Crippen molar-refractivity contribution in [1.29, 1.82) is 0 Å². The highest BCUT2D eigenvalue weighted by Gasteiger charge is 2.36. The number of nitrogens with zero attached hydrogens (tertiary/aromatic N) is 1. The van der Waals surface area contributed by atoms with E-state index in [0.717, 1.165) is 25.7 Å². The van der Waals surface area contributed by atoms with Gasteiger partial charge >= 0.3 is 6.36 Å². The number of anilines is 1. The molecule has 2 fully saturated rings. The van der Waals surface area contributed by atoms with Gasteiger partial charge < -0.3 is 25.0 Å². The Kier molecular flexibility index (Phi) is 9.65. The lowest BCUT2D eigenvalue weighted by Crippen LogP contribution is -2.49. The van der Waals surface area contributed by atoms with E-state index in [9.17, 15) is 22.8 Å². The fourth-order valence-electron chi connectivity index (χ4n) is 4.83. The summed E-state index contributed by atoms with van der Waals surface area (Å²) < 4.78 is 46.2. The van der Waals surface area contributed by atoms with Crippen LogP contribution in [-0.4, -0.2) is 62.0 Å². The summed E-state index contributed by atoms with van der Waals surface area (Å²) in [5.41, 5.74) is 0.610. The van der Waals surface area contributed by atoms with E-state index in [1.165, 1.54) is 24.3 Å². The maximum atomic E-state index is 13.3. The van der Waals surface area contributed by atoms with E-state index < -0.39 is 18.2 Å². The smallest absolute Gasteiger partial charge is 0.406 e. The van der Waals surface area contributed by atoms with Gasteiger partial charge in [0, 0.05) is 43.2 Å². The molecule has 1 aliphatic carbocycles. The van der Waals surface area contributed by atoms with Crippen LogP contribution >= 0.6 is 0 Å². The molecule has 3 rings (SSSR count). The van der Waals surface area contributed by atoms with Gasteiger partial charge in [0.2, 0.25) is 11.8 Å². The summed E-state index contributed by atoms with van der Waals surface area (Å²) >= 11 is 0. The topological polar surface area (TPSA) is 79.9 Å². The summed E-state index contributed by atoms with van der Waals surface area (Å²) in [6.07, 6.45) is 0.476. The van der Waals surface area contributed by atoms with E-state index in [1.807, 2.05) is 13.8 Å². The zero-order valence-corrected chi connectivity index (χ0v) is 20.4. The van der Waals surface area contributed by atoms with Crippen LogP contribution in [0.3, 0.4) is 0 Å². The van der Waals surface area contributed by atoms with Gasteiger partial charge in [-0.2, -0.15) is 0 Å². The first-order chi connectivity index (χ1) is 16.6. The number of carbonyl (C=O) groups is 2. The van der Waals surface area contributed by atoms with Crippen LogP contribution < -0.4 is 15.4 Å². The van der Waals surface area contributed by atoms with Gasteiger partial charge in [0.1, 0.15) is 5.75 Å². The number of carbonyl (C=O) groups excluding carboxylic acids is 2. The summed E-state index contributed by atoms with van der Waals surface area (Å²) in [4.78, 5) is 28.2.